The fourth-order valence-corrected chi connectivity index (χ4v) is 3.46. The van der Waals surface area contributed by atoms with Crippen molar-refractivity contribution in [1.82, 2.24) is 5.32 Å². The van der Waals surface area contributed by atoms with Gasteiger partial charge in [-0.2, -0.15) is 0 Å². The highest BCUT2D eigenvalue weighted by atomic mass is 16.5. The van der Waals surface area contributed by atoms with Gasteiger partial charge in [0.25, 0.3) is 0 Å². The number of rotatable bonds is 6. The number of nitrogens with one attached hydrogen (secondary N) is 1. The van der Waals surface area contributed by atoms with E-state index in [1.807, 2.05) is 30.3 Å². The minimum Gasteiger partial charge on any atom is -0.493 e. The highest BCUT2D eigenvalue weighted by Gasteiger charge is 2.36. The van der Waals surface area contributed by atoms with Gasteiger partial charge < -0.3 is 29.4 Å². The number of β-amino-alcohol motifs (C(OH)–C–C–N with tert-alkyl or cyclic N) is 1. The van der Waals surface area contributed by atoms with Crippen LogP contribution >= 0.6 is 0 Å². The summed E-state index contributed by atoms with van der Waals surface area (Å²) in [5.74, 6) is 2.30. The minimum absolute atomic E-state index is 0.119. The van der Waals surface area contributed by atoms with Crippen LogP contribution in [0.4, 0.5) is 0 Å². The van der Waals surface area contributed by atoms with Gasteiger partial charge in [-0.1, -0.05) is 18.2 Å². The summed E-state index contributed by atoms with van der Waals surface area (Å²) >= 11 is 0. The molecule has 1 aliphatic heterocycles. The Hall–Kier alpha value is -2.44. The molecule has 2 atom stereocenters. The van der Waals surface area contributed by atoms with Crippen LogP contribution < -0.4 is 24.3 Å². The van der Waals surface area contributed by atoms with E-state index < -0.39 is 12.2 Å². The number of fused-ring (bicyclic) bond motifs is 3. The summed E-state index contributed by atoms with van der Waals surface area (Å²) in [5, 5.41) is 14.3. The Morgan fingerprint density at radius 2 is 1.75 bits per heavy atom. The second kappa shape index (κ2) is 7.89. The summed E-state index contributed by atoms with van der Waals surface area (Å²) in [6.07, 6.45) is -1.34. The second-order valence-electron chi connectivity index (χ2n) is 7.84. The lowest BCUT2D eigenvalue weighted by molar-refractivity contribution is 0.0302. The third-order valence-electron chi connectivity index (χ3n) is 4.77. The van der Waals surface area contributed by atoms with E-state index in [0.717, 1.165) is 16.7 Å². The summed E-state index contributed by atoms with van der Waals surface area (Å²) in [6.45, 7) is 6.55. The van der Waals surface area contributed by atoms with Crippen LogP contribution in [0.5, 0.6) is 23.0 Å². The Morgan fingerprint density at radius 1 is 1.07 bits per heavy atom. The normalized spacial score (nSPS) is 16.5. The monoisotopic (exact) mass is 387 g/mol. The van der Waals surface area contributed by atoms with Gasteiger partial charge in [-0.15, -0.1) is 0 Å². The highest BCUT2D eigenvalue weighted by Crippen LogP contribution is 2.54. The van der Waals surface area contributed by atoms with Crippen molar-refractivity contribution in [2.75, 3.05) is 27.9 Å². The topological polar surface area (TPSA) is 69.2 Å². The first-order chi connectivity index (χ1) is 13.3. The zero-order chi connectivity index (χ0) is 20.5. The smallest absolute Gasteiger partial charge is 0.203 e. The summed E-state index contributed by atoms with van der Waals surface area (Å²) in [7, 11) is 4.76. The molecule has 3 rings (SSSR count). The third-order valence-corrected chi connectivity index (χ3v) is 4.77. The van der Waals surface area contributed by atoms with Crippen molar-refractivity contribution in [1.29, 1.82) is 0 Å². The number of aliphatic hydroxyl groups is 1. The Bertz CT molecular complexity index is 844. The first kappa shape index (κ1) is 20.3. The van der Waals surface area contributed by atoms with Crippen molar-refractivity contribution < 1.29 is 24.1 Å². The second-order valence-corrected chi connectivity index (χ2v) is 7.84. The number of para-hydroxylation sites is 1. The van der Waals surface area contributed by atoms with Crippen LogP contribution in [0, 0.1) is 0 Å². The number of hydrogen-bond acceptors (Lipinski definition) is 6. The molecule has 0 amide bonds. The first-order valence-corrected chi connectivity index (χ1v) is 9.32. The highest BCUT2D eigenvalue weighted by molar-refractivity contribution is 5.85. The van der Waals surface area contributed by atoms with Crippen molar-refractivity contribution in [3.8, 4) is 34.1 Å². The van der Waals surface area contributed by atoms with Gasteiger partial charge in [-0.3, -0.25) is 0 Å². The van der Waals surface area contributed by atoms with Gasteiger partial charge in [0.15, 0.2) is 17.6 Å². The molecule has 2 N–H and O–H groups in total. The predicted molar refractivity (Wildman–Crippen MR) is 109 cm³/mol. The quantitative estimate of drug-likeness (QED) is 0.790. The SMILES string of the molecule is COc1cc2c(c(OC)c1OC)-c1ccccc1OC2C(O)CNC(C)(C)C. The summed E-state index contributed by atoms with van der Waals surface area (Å²) < 4.78 is 23.0. The van der Waals surface area contributed by atoms with Gasteiger partial charge in [0.1, 0.15) is 11.9 Å². The standard InChI is InChI=1S/C22H29NO5/c1-22(2,3)23-12-15(24)19-14-11-17(25-4)20(26-5)21(27-6)18(14)13-9-7-8-10-16(13)28-19/h7-11,15,19,23-24H,12H2,1-6H3. The average Bonchev–Trinajstić information content (AvgIpc) is 2.68. The molecule has 2 unspecified atom stereocenters. The molecular weight excluding hydrogens is 358 g/mol. The van der Waals surface area contributed by atoms with Gasteiger partial charge in [0.2, 0.25) is 5.75 Å². The maximum absolute atomic E-state index is 11.0. The molecule has 0 saturated heterocycles. The fourth-order valence-electron chi connectivity index (χ4n) is 3.46. The minimum atomic E-state index is -0.769. The molecule has 0 fully saturated rings. The summed E-state index contributed by atoms with van der Waals surface area (Å²) in [6, 6.07) is 9.58. The van der Waals surface area contributed by atoms with Crippen molar-refractivity contribution in [3.05, 3.63) is 35.9 Å². The van der Waals surface area contributed by atoms with E-state index in [2.05, 4.69) is 26.1 Å². The Kier molecular flexibility index (Phi) is 5.72. The third kappa shape index (κ3) is 3.75. The maximum atomic E-state index is 11.0. The largest absolute Gasteiger partial charge is 0.493 e. The molecule has 28 heavy (non-hydrogen) atoms. The fraction of sp³-hybridized carbons (Fsp3) is 0.455. The van der Waals surface area contributed by atoms with Gasteiger partial charge >= 0.3 is 0 Å². The molecule has 2 aromatic carbocycles. The van der Waals surface area contributed by atoms with Crippen LogP contribution in [-0.2, 0) is 0 Å². The van der Waals surface area contributed by atoms with Crippen LogP contribution in [0.25, 0.3) is 11.1 Å². The molecule has 0 spiro atoms. The van der Waals surface area contributed by atoms with Gasteiger partial charge in [0.05, 0.1) is 21.3 Å². The molecule has 2 aromatic rings. The Labute approximate surface area is 166 Å². The first-order valence-electron chi connectivity index (χ1n) is 9.32. The lowest BCUT2D eigenvalue weighted by Gasteiger charge is -2.34. The van der Waals surface area contributed by atoms with E-state index in [-0.39, 0.29) is 5.54 Å². The van der Waals surface area contributed by atoms with Crippen molar-refractivity contribution in [2.24, 2.45) is 0 Å². The predicted octanol–water partition coefficient (Wildman–Crippen LogP) is 3.56. The van der Waals surface area contributed by atoms with E-state index in [0.29, 0.717) is 29.5 Å². The van der Waals surface area contributed by atoms with Crippen LogP contribution in [0.1, 0.15) is 32.4 Å². The van der Waals surface area contributed by atoms with Crippen LogP contribution in [0.3, 0.4) is 0 Å². The van der Waals surface area contributed by atoms with Crippen molar-refractivity contribution in [3.63, 3.8) is 0 Å². The zero-order valence-corrected chi connectivity index (χ0v) is 17.3. The van der Waals surface area contributed by atoms with E-state index in [1.165, 1.54) is 0 Å². The number of benzene rings is 2. The molecular formula is C22H29NO5. The molecule has 0 bridgehead atoms. The molecule has 6 heteroatoms. The number of ether oxygens (including phenoxy) is 4. The lowest BCUT2D eigenvalue weighted by atomic mass is 9.88. The van der Waals surface area contributed by atoms with Gasteiger partial charge in [0, 0.05) is 28.8 Å². The van der Waals surface area contributed by atoms with Crippen LogP contribution in [0.15, 0.2) is 30.3 Å². The molecule has 1 aliphatic rings. The Balaban J connectivity index is 2.16. The number of aliphatic hydroxyl groups excluding tert-OH is 1. The summed E-state index contributed by atoms with van der Waals surface area (Å²) in [4.78, 5) is 0. The van der Waals surface area contributed by atoms with Crippen molar-refractivity contribution in [2.45, 2.75) is 38.5 Å². The molecule has 0 aliphatic carbocycles. The lowest BCUT2D eigenvalue weighted by Crippen LogP contribution is -2.44. The molecule has 1 heterocycles. The van der Waals surface area contributed by atoms with Gasteiger partial charge in [-0.05, 0) is 32.9 Å². The number of hydrogen-bond donors (Lipinski definition) is 2. The van der Waals surface area contributed by atoms with E-state index >= 15 is 0 Å². The average molecular weight is 387 g/mol. The summed E-state index contributed by atoms with van der Waals surface area (Å²) in [5.41, 5.74) is 2.42. The molecule has 6 nitrogen and oxygen atoms in total. The Morgan fingerprint density at radius 3 is 2.36 bits per heavy atom. The zero-order valence-electron chi connectivity index (χ0n) is 17.3. The van der Waals surface area contributed by atoms with Crippen LogP contribution in [0.2, 0.25) is 0 Å². The maximum Gasteiger partial charge on any atom is 0.203 e. The van der Waals surface area contributed by atoms with E-state index in [9.17, 15) is 5.11 Å². The van der Waals surface area contributed by atoms with E-state index in [4.69, 9.17) is 18.9 Å². The molecule has 152 valence electrons. The van der Waals surface area contributed by atoms with Crippen molar-refractivity contribution >= 4 is 0 Å². The molecule has 0 saturated carbocycles. The molecule has 0 aromatic heterocycles. The van der Waals surface area contributed by atoms with E-state index in [1.54, 1.807) is 21.3 Å². The van der Waals surface area contributed by atoms with Gasteiger partial charge in [-0.25, -0.2) is 0 Å². The van der Waals surface area contributed by atoms with Crippen LogP contribution in [-0.4, -0.2) is 44.6 Å². The molecule has 0 radical (unpaired) electrons. The number of methoxy groups -OCH3 is 3.